The quantitative estimate of drug-likeness (QED) is 0.169. The lowest BCUT2D eigenvalue weighted by Gasteiger charge is -2.13. The van der Waals surface area contributed by atoms with Crippen LogP contribution in [0.3, 0.4) is 0 Å². The smallest absolute Gasteiger partial charge is 0.305 e. The summed E-state index contributed by atoms with van der Waals surface area (Å²) in [6.07, 6.45) is 6.27. The van der Waals surface area contributed by atoms with Crippen LogP contribution >= 0.6 is 24.0 Å². The van der Waals surface area contributed by atoms with Gasteiger partial charge in [-0.25, -0.2) is 9.98 Å². The molecule has 7 nitrogen and oxygen atoms in total. The van der Waals surface area contributed by atoms with Gasteiger partial charge < -0.3 is 19.8 Å². The monoisotopic (exact) mass is 494 g/mol. The molecule has 0 fully saturated rings. The minimum Gasteiger partial charge on any atom is -0.469 e. The van der Waals surface area contributed by atoms with Crippen molar-refractivity contribution in [3.8, 4) is 0 Å². The maximum Gasteiger partial charge on any atom is 0.305 e. The van der Waals surface area contributed by atoms with E-state index in [2.05, 4.69) is 46.1 Å². The lowest BCUT2D eigenvalue weighted by atomic mass is 9.94. The Morgan fingerprint density at radius 2 is 1.93 bits per heavy atom. The van der Waals surface area contributed by atoms with E-state index in [9.17, 15) is 4.79 Å². The number of hydrogen-bond acceptors (Lipinski definition) is 5. The van der Waals surface area contributed by atoms with Gasteiger partial charge >= 0.3 is 5.97 Å². The fraction of sp³-hybridized carbons (Fsp3) is 0.737. The van der Waals surface area contributed by atoms with Crippen LogP contribution in [0.2, 0.25) is 0 Å². The molecule has 1 heterocycles. The highest BCUT2D eigenvalue weighted by molar-refractivity contribution is 14.0. The molecule has 1 aromatic heterocycles. The lowest BCUT2D eigenvalue weighted by Crippen LogP contribution is -2.37. The first-order valence-corrected chi connectivity index (χ1v) is 9.41. The van der Waals surface area contributed by atoms with E-state index in [1.54, 1.807) is 6.20 Å². The van der Waals surface area contributed by atoms with Crippen molar-refractivity contribution in [1.82, 2.24) is 15.6 Å². The molecule has 156 valence electrons. The summed E-state index contributed by atoms with van der Waals surface area (Å²) in [6, 6.07) is 0. The van der Waals surface area contributed by atoms with E-state index in [4.69, 9.17) is 4.42 Å². The Balaban J connectivity index is 0.00000676. The summed E-state index contributed by atoms with van der Waals surface area (Å²) in [5, 5.41) is 6.54. The van der Waals surface area contributed by atoms with Crippen molar-refractivity contribution < 1.29 is 13.9 Å². The van der Waals surface area contributed by atoms with Crippen LogP contribution in [0.1, 0.15) is 71.5 Å². The van der Waals surface area contributed by atoms with Crippen molar-refractivity contribution in [2.45, 2.75) is 71.8 Å². The topological polar surface area (TPSA) is 88.8 Å². The molecule has 0 atom stereocenters. The Morgan fingerprint density at radius 3 is 2.52 bits per heavy atom. The van der Waals surface area contributed by atoms with Crippen LogP contribution in [-0.2, 0) is 21.5 Å². The number of ether oxygens (including phenoxy) is 1. The minimum atomic E-state index is -0.133. The Hall–Kier alpha value is -1.32. The maximum atomic E-state index is 11.0. The molecule has 1 rings (SSSR count). The first-order valence-electron chi connectivity index (χ1n) is 9.41. The summed E-state index contributed by atoms with van der Waals surface area (Å²) in [4.78, 5) is 19.9. The van der Waals surface area contributed by atoms with E-state index in [0.29, 0.717) is 18.9 Å². The molecule has 0 unspecified atom stereocenters. The molecule has 0 saturated carbocycles. The molecular formula is C19H35IN4O3. The number of halogens is 1. The van der Waals surface area contributed by atoms with Gasteiger partial charge in [-0.1, -0.05) is 33.6 Å². The third kappa shape index (κ3) is 11.2. The van der Waals surface area contributed by atoms with Gasteiger partial charge in [0.15, 0.2) is 5.96 Å². The van der Waals surface area contributed by atoms with Gasteiger partial charge in [0.25, 0.3) is 0 Å². The number of aromatic nitrogens is 1. The molecule has 0 aliphatic heterocycles. The summed E-state index contributed by atoms with van der Waals surface area (Å²) in [5.74, 6) is 2.12. The molecule has 0 aliphatic carbocycles. The van der Waals surface area contributed by atoms with Gasteiger partial charge in [0.1, 0.15) is 12.3 Å². The molecule has 0 saturated heterocycles. The highest BCUT2D eigenvalue weighted by Crippen LogP contribution is 2.22. The first-order chi connectivity index (χ1) is 12.4. The molecule has 0 aromatic carbocycles. The Bertz CT molecular complexity index is 568. The number of carbonyl (C=O) groups excluding carboxylic acids is 1. The lowest BCUT2D eigenvalue weighted by molar-refractivity contribution is -0.140. The predicted octanol–water partition coefficient (Wildman–Crippen LogP) is 3.77. The summed E-state index contributed by atoms with van der Waals surface area (Å²) in [5.41, 5.74) is -0.0500. The second-order valence-corrected chi connectivity index (χ2v) is 7.23. The summed E-state index contributed by atoms with van der Waals surface area (Å²) >= 11 is 0. The van der Waals surface area contributed by atoms with E-state index in [0.717, 1.165) is 50.5 Å². The third-order valence-electron chi connectivity index (χ3n) is 3.84. The average molecular weight is 494 g/mol. The Morgan fingerprint density at radius 1 is 1.22 bits per heavy atom. The molecule has 27 heavy (non-hydrogen) atoms. The zero-order valence-corrected chi connectivity index (χ0v) is 19.6. The number of carbonyl (C=O) groups is 1. The number of esters is 1. The molecule has 2 N–H and O–H groups in total. The van der Waals surface area contributed by atoms with Crippen molar-refractivity contribution in [2.75, 3.05) is 20.2 Å². The van der Waals surface area contributed by atoms with Crippen LogP contribution in [0, 0.1) is 0 Å². The SMILES string of the molecule is CCNC(=NCc1ncc(C(C)(C)C)o1)NCCCCCCC(=O)OC.I. The van der Waals surface area contributed by atoms with Crippen molar-refractivity contribution in [1.29, 1.82) is 0 Å². The maximum absolute atomic E-state index is 11.0. The van der Waals surface area contributed by atoms with Crippen molar-refractivity contribution in [3.63, 3.8) is 0 Å². The normalized spacial score (nSPS) is 11.7. The van der Waals surface area contributed by atoms with Gasteiger partial charge in [0, 0.05) is 24.9 Å². The number of aliphatic imine (C=N–C) groups is 1. The van der Waals surface area contributed by atoms with Gasteiger partial charge in [-0.05, 0) is 19.8 Å². The van der Waals surface area contributed by atoms with Crippen molar-refractivity contribution >= 4 is 35.9 Å². The number of guanidine groups is 1. The van der Waals surface area contributed by atoms with E-state index in [-0.39, 0.29) is 35.4 Å². The van der Waals surface area contributed by atoms with Crippen LogP contribution in [0.5, 0.6) is 0 Å². The Kier molecular flexibility index (Phi) is 13.1. The fourth-order valence-corrected chi connectivity index (χ4v) is 2.28. The van der Waals surface area contributed by atoms with Crippen LogP contribution in [0.15, 0.2) is 15.6 Å². The number of oxazole rings is 1. The number of nitrogens with one attached hydrogen (secondary N) is 2. The Labute approximate surface area is 180 Å². The molecule has 0 bridgehead atoms. The largest absolute Gasteiger partial charge is 0.469 e. The van der Waals surface area contributed by atoms with Crippen LogP contribution < -0.4 is 10.6 Å². The van der Waals surface area contributed by atoms with E-state index < -0.39 is 0 Å². The highest BCUT2D eigenvalue weighted by atomic mass is 127. The van der Waals surface area contributed by atoms with Gasteiger partial charge in [-0.2, -0.15) is 0 Å². The zero-order valence-electron chi connectivity index (χ0n) is 17.3. The zero-order chi connectivity index (χ0) is 19.4. The molecule has 0 radical (unpaired) electrons. The van der Waals surface area contributed by atoms with Crippen LogP contribution in [0.4, 0.5) is 0 Å². The van der Waals surface area contributed by atoms with Gasteiger partial charge in [-0.3, -0.25) is 4.79 Å². The van der Waals surface area contributed by atoms with E-state index in [1.165, 1.54) is 7.11 Å². The van der Waals surface area contributed by atoms with Crippen LogP contribution in [-0.4, -0.2) is 37.1 Å². The molecule has 0 aliphatic rings. The predicted molar refractivity (Wildman–Crippen MR) is 119 cm³/mol. The standard InChI is InChI=1S/C19H34N4O3.HI/c1-6-20-18(21-12-10-8-7-9-11-17(24)25-5)23-14-16-22-13-15(26-16)19(2,3)4;/h13H,6-12,14H2,1-5H3,(H2,20,21,23);1H. The minimum absolute atomic E-state index is 0. The first kappa shape index (κ1) is 25.7. The van der Waals surface area contributed by atoms with Gasteiger partial charge in [0.05, 0.1) is 13.3 Å². The summed E-state index contributed by atoms with van der Waals surface area (Å²) < 4.78 is 10.4. The molecule has 0 spiro atoms. The summed E-state index contributed by atoms with van der Waals surface area (Å²) in [7, 11) is 1.43. The van der Waals surface area contributed by atoms with Crippen LogP contribution in [0.25, 0.3) is 0 Å². The highest BCUT2D eigenvalue weighted by Gasteiger charge is 2.18. The number of hydrogen-bond donors (Lipinski definition) is 2. The molecule has 8 heteroatoms. The van der Waals surface area contributed by atoms with E-state index in [1.807, 2.05) is 6.92 Å². The second kappa shape index (κ2) is 13.8. The van der Waals surface area contributed by atoms with Crippen molar-refractivity contribution in [3.05, 3.63) is 17.8 Å². The number of nitrogens with zero attached hydrogens (tertiary/aromatic N) is 2. The van der Waals surface area contributed by atoms with Gasteiger partial charge in [-0.15, -0.1) is 24.0 Å². The molecule has 0 amide bonds. The summed E-state index contributed by atoms with van der Waals surface area (Å²) in [6.45, 7) is 10.4. The number of unbranched alkanes of at least 4 members (excludes halogenated alkanes) is 3. The molecule has 1 aromatic rings. The van der Waals surface area contributed by atoms with E-state index >= 15 is 0 Å². The number of rotatable bonds is 10. The van der Waals surface area contributed by atoms with Crippen molar-refractivity contribution in [2.24, 2.45) is 4.99 Å². The molecular weight excluding hydrogens is 459 g/mol. The second-order valence-electron chi connectivity index (χ2n) is 7.23. The average Bonchev–Trinajstić information content (AvgIpc) is 3.07. The third-order valence-corrected chi connectivity index (χ3v) is 3.84. The number of methoxy groups -OCH3 is 1. The van der Waals surface area contributed by atoms with Gasteiger partial charge in [0.2, 0.25) is 5.89 Å². The fourth-order valence-electron chi connectivity index (χ4n) is 2.28.